The molecule has 0 aliphatic carbocycles. The highest BCUT2D eigenvalue weighted by atomic mass is 16.4. The minimum Gasteiger partial charge on any atom is -0.508 e. The predicted molar refractivity (Wildman–Crippen MR) is 202 cm³/mol. The standard InChI is InChI=1S/C36H52N8O15/c1-4-17(2)29(37)34(56)42-23(12-19-7-9-20(46)10-8-19)35(57)44-11-5-6-24(44)33(55)39-16-26(48)40-21(13-27(49)50)31(53)38-15-25(47)41-22(14-28(51)52)32(54)43-30(18(3)45)36(58)59/h7-10,17-18,21-24,29-30,45-46H,4-6,11-16,37H2,1-3H3,(H,38,53)(H,39,55)(H,40,48)(H,41,47)(H,42,56)(H,43,54)(H,49,50)(H,51,52)(H,58,59)/t17-,18+,21-,22-,23-,24-,29-,30-/m0/s1. The number of carboxylic acid groups (broad SMARTS) is 3. The fourth-order valence-electron chi connectivity index (χ4n) is 5.83. The van der Waals surface area contributed by atoms with E-state index in [0.717, 1.165) is 6.92 Å². The van der Waals surface area contributed by atoms with Crippen molar-refractivity contribution in [2.45, 2.75) is 102 Å². The molecule has 0 saturated carbocycles. The molecule has 0 spiro atoms. The predicted octanol–water partition coefficient (Wildman–Crippen LogP) is -4.11. The number of rotatable bonds is 23. The number of nitrogens with one attached hydrogen (secondary N) is 6. The summed E-state index contributed by atoms with van der Waals surface area (Å²) in [5.41, 5.74) is 6.70. The van der Waals surface area contributed by atoms with Crippen molar-refractivity contribution in [2.24, 2.45) is 11.7 Å². The van der Waals surface area contributed by atoms with Crippen molar-refractivity contribution >= 4 is 59.3 Å². The number of aliphatic hydroxyl groups is 1. The van der Waals surface area contributed by atoms with Crippen LogP contribution in [0.25, 0.3) is 0 Å². The lowest BCUT2D eigenvalue weighted by molar-refractivity contribution is -0.146. The first-order chi connectivity index (χ1) is 27.6. The molecule has 59 heavy (non-hydrogen) atoms. The smallest absolute Gasteiger partial charge is 0.328 e. The van der Waals surface area contributed by atoms with Gasteiger partial charge in [0.05, 0.1) is 38.1 Å². The maximum atomic E-state index is 13.9. The number of aliphatic carboxylic acids is 3. The zero-order valence-electron chi connectivity index (χ0n) is 32.6. The number of carboxylic acids is 3. The molecule has 0 unspecified atom stereocenters. The second kappa shape index (κ2) is 23.1. The molecule has 23 heteroatoms. The van der Waals surface area contributed by atoms with Crippen LogP contribution in [0, 0.1) is 5.92 Å². The first-order valence-corrected chi connectivity index (χ1v) is 18.6. The van der Waals surface area contributed by atoms with Crippen LogP contribution in [0.1, 0.15) is 58.4 Å². The minimum absolute atomic E-state index is 0.00452. The fraction of sp³-hybridized carbons (Fsp3) is 0.556. The Balaban J connectivity index is 2.07. The van der Waals surface area contributed by atoms with E-state index < -0.39 is 128 Å². The fourth-order valence-corrected chi connectivity index (χ4v) is 5.83. The van der Waals surface area contributed by atoms with Crippen molar-refractivity contribution in [1.29, 1.82) is 0 Å². The molecule has 13 N–H and O–H groups in total. The molecular weight excluding hydrogens is 784 g/mol. The van der Waals surface area contributed by atoms with E-state index >= 15 is 0 Å². The average molecular weight is 837 g/mol. The normalized spacial score (nSPS) is 17.0. The average Bonchev–Trinajstić information content (AvgIpc) is 3.66. The number of benzene rings is 1. The van der Waals surface area contributed by atoms with E-state index in [1.54, 1.807) is 19.1 Å². The number of nitrogens with two attached hydrogens (primary N) is 1. The van der Waals surface area contributed by atoms with Gasteiger partial charge in [0, 0.05) is 13.0 Å². The molecule has 1 aliphatic heterocycles. The molecule has 0 radical (unpaired) electrons. The lowest BCUT2D eigenvalue weighted by Crippen LogP contribution is -2.57. The lowest BCUT2D eigenvalue weighted by atomic mass is 9.98. The Morgan fingerprint density at radius 2 is 1.31 bits per heavy atom. The molecule has 0 bridgehead atoms. The van der Waals surface area contributed by atoms with E-state index in [1.165, 1.54) is 17.0 Å². The summed E-state index contributed by atoms with van der Waals surface area (Å²) in [6.07, 6.45) is -2.46. The van der Waals surface area contributed by atoms with Gasteiger partial charge in [-0.15, -0.1) is 0 Å². The summed E-state index contributed by atoms with van der Waals surface area (Å²) in [7, 11) is 0. The Kier molecular flexibility index (Phi) is 19.1. The maximum Gasteiger partial charge on any atom is 0.328 e. The third-order valence-electron chi connectivity index (χ3n) is 9.34. The molecule has 1 fully saturated rings. The van der Waals surface area contributed by atoms with Crippen LogP contribution in [0.4, 0.5) is 0 Å². The largest absolute Gasteiger partial charge is 0.508 e. The molecule has 1 aromatic carbocycles. The van der Waals surface area contributed by atoms with Gasteiger partial charge in [0.1, 0.15) is 29.9 Å². The van der Waals surface area contributed by atoms with E-state index in [4.69, 9.17) is 10.8 Å². The number of likely N-dealkylation sites (tertiary alicyclic amines) is 1. The number of carbonyl (C=O) groups is 10. The summed E-state index contributed by atoms with van der Waals surface area (Å²) >= 11 is 0. The number of amides is 7. The highest BCUT2D eigenvalue weighted by Gasteiger charge is 2.39. The van der Waals surface area contributed by atoms with Crippen molar-refractivity contribution in [3.05, 3.63) is 29.8 Å². The second-order valence-corrected chi connectivity index (χ2v) is 14.0. The van der Waals surface area contributed by atoms with Crippen molar-refractivity contribution in [3.8, 4) is 5.75 Å². The van der Waals surface area contributed by atoms with Gasteiger partial charge in [0.15, 0.2) is 6.04 Å². The Hall–Kier alpha value is -6.36. The summed E-state index contributed by atoms with van der Waals surface area (Å²) in [4.78, 5) is 126. The van der Waals surface area contributed by atoms with Gasteiger partial charge >= 0.3 is 17.9 Å². The van der Waals surface area contributed by atoms with Crippen molar-refractivity contribution in [2.75, 3.05) is 19.6 Å². The van der Waals surface area contributed by atoms with Gasteiger partial charge in [-0.1, -0.05) is 32.4 Å². The maximum absolute atomic E-state index is 13.9. The Morgan fingerprint density at radius 3 is 1.81 bits per heavy atom. The molecule has 1 heterocycles. The van der Waals surface area contributed by atoms with Crippen LogP contribution < -0.4 is 37.6 Å². The highest BCUT2D eigenvalue weighted by Crippen LogP contribution is 2.21. The van der Waals surface area contributed by atoms with Crippen LogP contribution in [0.15, 0.2) is 24.3 Å². The molecular formula is C36H52N8O15. The first-order valence-electron chi connectivity index (χ1n) is 18.6. The van der Waals surface area contributed by atoms with Gasteiger partial charge in [0.2, 0.25) is 41.4 Å². The molecule has 0 aromatic heterocycles. The molecule has 7 amide bonds. The number of aromatic hydroxyl groups is 1. The van der Waals surface area contributed by atoms with Gasteiger partial charge in [-0.2, -0.15) is 0 Å². The number of carbonyl (C=O) groups excluding carboxylic acids is 7. The highest BCUT2D eigenvalue weighted by molar-refractivity contribution is 5.97. The Bertz CT molecular complexity index is 1720. The van der Waals surface area contributed by atoms with Gasteiger partial charge < -0.3 is 68.1 Å². The minimum atomic E-state index is -1.86. The zero-order valence-corrected chi connectivity index (χ0v) is 32.6. The Morgan fingerprint density at radius 1 is 0.763 bits per heavy atom. The van der Waals surface area contributed by atoms with Gasteiger partial charge in [-0.25, -0.2) is 4.79 Å². The van der Waals surface area contributed by atoms with Gasteiger partial charge in [-0.3, -0.25) is 43.2 Å². The van der Waals surface area contributed by atoms with Crippen LogP contribution >= 0.6 is 0 Å². The number of hydrogen-bond donors (Lipinski definition) is 12. The quantitative estimate of drug-likeness (QED) is 0.0498. The molecule has 2 rings (SSSR count). The summed E-state index contributed by atoms with van der Waals surface area (Å²) in [6.45, 7) is 3.05. The zero-order chi connectivity index (χ0) is 44.6. The number of hydrogen-bond acceptors (Lipinski definition) is 13. The molecule has 1 saturated heterocycles. The topological polar surface area (TPSA) is 373 Å². The van der Waals surface area contributed by atoms with Gasteiger partial charge in [-0.05, 0) is 43.4 Å². The number of nitrogens with zero attached hydrogens (tertiary/aromatic N) is 1. The first kappa shape index (κ1) is 48.8. The summed E-state index contributed by atoms with van der Waals surface area (Å²) in [5.74, 6) is -11.7. The van der Waals surface area contributed by atoms with E-state index in [9.17, 15) is 68.4 Å². The monoisotopic (exact) mass is 836 g/mol. The lowest BCUT2D eigenvalue weighted by Gasteiger charge is -2.30. The van der Waals surface area contributed by atoms with Gasteiger partial charge in [0.25, 0.3) is 0 Å². The van der Waals surface area contributed by atoms with E-state index in [1.807, 2.05) is 22.9 Å². The number of phenolic OH excluding ortho intramolecular Hbond substituents is 1. The summed E-state index contributed by atoms with van der Waals surface area (Å²) < 4.78 is 0. The molecule has 1 aromatic rings. The SMILES string of the molecule is CC[C@H](C)[C@H](N)C(=O)N[C@@H](Cc1ccc(O)cc1)C(=O)N1CCC[C@H]1C(=O)NCC(=O)N[C@@H](CC(=O)O)C(=O)NCC(=O)N[C@@H](CC(=O)O)C(=O)N[C@H](C(=O)O)[C@@H](C)O. The van der Waals surface area contributed by atoms with E-state index in [2.05, 4.69) is 16.0 Å². The van der Waals surface area contributed by atoms with Crippen LogP contribution in [0.5, 0.6) is 5.75 Å². The van der Waals surface area contributed by atoms with Crippen LogP contribution in [0.3, 0.4) is 0 Å². The summed E-state index contributed by atoms with van der Waals surface area (Å²) in [6, 6.07) is -2.74. The van der Waals surface area contributed by atoms with Crippen molar-refractivity contribution in [3.63, 3.8) is 0 Å². The molecule has 8 atom stereocenters. The Labute approximate surface area is 337 Å². The van der Waals surface area contributed by atoms with Crippen LogP contribution in [-0.2, 0) is 54.4 Å². The molecule has 23 nitrogen and oxygen atoms in total. The molecule has 1 aliphatic rings. The third kappa shape index (κ3) is 15.8. The van der Waals surface area contributed by atoms with Crippen molar-refractivity contribution < 1.29 is 73.5 Å². The van der Waals surface area contributed by atoms with E-state index in [0.29, 0.717) is 18.4 Å². The van der Waals surface area contributed by atoms with E-state index in [-0.39, 0.29) is 31.1 Å². The molecule has 326 valence electrons. The number of aliphatic hydroxyl groups excluding tert-OH is 1. The van der Waals surface area contributed by atoms with Crippen LogP contribution in [0.2, 0.25) is 0 Å². The number of phenols is 1. The second-order valence-electron chi connectivity index (χ2n) is 14.0. The van der Waals surface area contributed by atoms with Crippen LogP contribution in [-0.4, -0.2) is 152 Å². The summed E-state index contributed by atoms with van der Waals surface area (Å²) in [5, 5.41) is 60.0. The van der Waals surface area contributed by atoms with Crippen molar-refractivity contribution in [1.82, 2.24) is 36.8 Å². The third-order valence-corrected chi connectivity index (χ3v) is 9.34.